The van der Waals surface area contributed by atoms with Crippen LogP contribution in [-0.2, 0) is 0 Å². The van der Waals surface area contributed by atoms with Gasteiger partial charge in [0.05, 0.1) is 7.11 Å². The Morgan fingerprint density at radius 2 is 2.00 bits per heavy atom. The lowest BCUT2D eigenvalue weighted by molar-refractivity contribution is 0.0974. The summed E-state index contributed by atoms with van der Waals surface area (Å²) in [5.74, 6) is 0.631. The minimum Gasteiger partial charge on any atom is -0.494 e. The molecule has 98 valence electrons. The minimum absolute atomic E-state index is 0.236. The van der Waals surface area contributed by atoms with Crippen LogP contribution in [-0.4, -0.2) is 20.2 Å². The molecule has 1 spiro atoms. The zero-order valence-corrected chi connectivity index (χ0v) is 10.8. The molecule has 1 saturated heterocycles. The monoisotopic (exact) mass is 249 g/mol. The smallest absolute Gasteiger partial charge is 0.165 e. The SMILES string of the molecule is COc1ccc(C2CCC3(CC2)CNC3)cc1F. The highest BCUT2D eigenvalue weighted by Crippen LogP contribution is 2.45. The first-order valence-electron chi connectivity index (χ1n) is 6.77. The molecule has 1 aromatic carbocycles. The molecule has 0 unspecified atom stereocenters. The molecular weight excluding hydrogens is 229 g/mol. The van der Waals surface area contributed by atoms with Crippen LogP contribution in [0.1, 0.15) is 37.2 Å². The van der Waals surface area contributed by atoms with E-state index >= 15 is 0 Å². The molecule has 0 atom stereocenters. The number of nitrogens with one attached hydrogen (secondary N) is 1. The molecule has 1 aliphatic carbocycles. The number of rotatable bonds is 2. The van der Waals surface area contributed by atoms with Gasteiger partial charge < -0.3 is 10.1 Å². The summed E-state index contributed by atoms with van der Waals surface area (Å²) in [5.41, 5.74) is 1.71. The van der Waals surface area contributed by atoms with Crippen LogP contribution in [0.25, 0.3) is 0 Å². The van der Waals surface area contributed by atoms with Crippen molar-refractivity contribution in [3.8, 4) is 5.75 Å². The van der Waals surface area contributed by atoms with E-state index in [0.717, 1.165) is 5.56 Å². The van der Waals surface area contributed by atoms with Gasteiger partial charge in [0, 0.05) is 13.1 Å². The summed E-state index contributed by atoms with van der Waals surface area (Å²) in [7, 11) is 1.51. The van der Waals surface area contributed by atoms with E-state index in [-0.39, 0.29) is 5.82 Å². The molecule has 0 bridgehead atoms. The Balaban J connectivity index is 1.70. The van der Waals surface area contributed by atoms with Gasteiger partial charge in [-0.15, -0.1) is 0 Å². The van der Waals surface area contributed by atoms with E-state index < -0.39 is 0 Å². The van der Waals surface area contributed by atoms with E-state index in [1.54, 1.807) is 12.1 Å². The average molecular weight is 249 g/mol. The van der Waals surface area contributed by atoms with E-state index in [4.69, 9.17) is 4.74 Å². The molecule has 1 heterocycles. The normalized spacial score (nSPS) is 22.8. The minimum atomic E-state index is -0.236. The van der Waals surface area contributed by atoms with Crippen molar-refractivity contribution in [3.63, 3.8) is 0 Å². The van der Waals surface area contributed by atoms with E-state index in [1.165, 1.54) is 45.9 Å². The van der Waals surface area contributed by atoms with Gasteiger partial charge in [0.25, 0.3) is 0 Å². The molecule has 1 aromatic rings. The first-order chi connectivity index (χ1) is 8.72. The average Bonchev–Trinajstić information content (AvgIpc) is 2.37. The Bertz CT molecular complexity index is 432. The summed E-state index contributed by atoms with van der Waals surface area (Å²) < 4.78 is 18.7. The summed E-state index contributed by atoms with van der Waals surface area (Å²) in [6.45, 7) is 2.35. The van der Waals surface area contributed by atoms with Crippen molar-refractivity contribution in [1.82, 2.24) is 5.32 Å². The molecule has 2 fully saturated rings. The van der Waals surface area contributed by atoms with Crippen LogP contribution in [0.4, 0.5) is 4.39 Å². The Morgan fingerprint density at radius 1 is 1.28 bits per heavy atom. The lowest BCUT2D eigenvalue weighted by Crippen LogP contribution is -2.54. The van der Waals surface area contributed by atoms with Crippen molar-refractivity contribution in [3.05, 3.63) is 29.6 Å². The summed E-state index contributed by atoms with van der Waals surface area (Å²) in [5, 5.41) is 3.37. The third-order valence-corrected chi connectivity index (χ3v) is 4.69. The summed E-state index contributed by atoms with van der Waals surface area (Å²) in [4.78, 5) is 0. The molecule has 2 aliphatic rings. The standard InChI is InChI=1S/C15H20FNO/c1-18-14-3-2-12(8-13(14)16)11-4-6-15(7-5-11)9-17-10-15/h2-3,8,11,17H,4-7,9-10H2,1H3. The lowest BCUT2D eigenvalue weighted by atomic mass is 9.66. The number of methoxy groups -OCH3 is 1. The van der Waals surface area contributed by atoms with E-state index in [9.17, 15) is 4.39 Å². The van der Waals surface area contributed by atoms with Crippen LogP contribution in [0.2, 0.25) is 0 Å². The van der Waals surface area contributed by atoms with Gasteiger partial charge in [0.15, 0.2) is 11.6 Å². The number of hydrogen-bond acceptors (Lipinski definition) is 2. The van der Waals surface area contributed by atoms with Crippen molar-refractivity contribution in [2.75, 3.05) is 20.2 Å². The largest absolute Gasteiger partial charge is 0.494 e. The molecule has 1 N–H and O–H groups in total. The second kappa shape index (κ2) is 4.54. The molecule has 1 aliphatic heterocycles. The van der Waals surface area contributed by atoms with Gasteiger partial charge in [-0.25, -0.2) is 4.39 Å². The van der Waals surface area contributed by atoms with E-state index in [1.807, 2.05) is 6.07 Å². The molecule has 3 heteroatoms. The maximum Gasteiger partial charge on any atom is 0.165 e. The van der Waals surface area contributed by atoms with Crippen LogP contribution in [0.5, 0.6) is 5.75 Å². The summed E-state index contributed by atoms with van der Waals surface area (Å²) in [6.07, 6.45) is 4.93. The summed E-state index contributed by atoms with van der Waals surface area (Å²) in [6, 6.07) is 5.42. The van der Waals surface area contributed by atoms with E-state index in [0.29, 0.717) is 17.1 Å². The zero-order chi connectivity index (χ0) is 12.6. The van der Waals surface area contributed by atoms with Crippen LogP contribution >= 0.6 is 0 Å². The molecule has 3 rings (SSSR count). The quantitative estimate of drug-likeness (QED) is 0.869. The topological polar surface area (TPSA) is 21.3 Å². The maximum atomic E-state index is 13.7. The molecule has 2 nitrogen and oxygen atoms in total. The predicted octanol–water partition coefficient (Wildman–Crippen LogP) is 3.08. The third-order valence-electron chi connectivity index (χ3n) is 4.69. The number of ether oxygens (including phenoxy) is 1. The molecular formula is C15H20FNO. The first kappa shape index (κ1) is 12.0. The fraction of sp³-hybridized carbons (Fsp3) is 0.600. The van der Waals surface area contributed by atoms with E-state index in [2.05, 4.69) is 5.32 Å². The Kier molecular flexibility index (Phi) is 3.02. The van der Waals surface area contributed by atoms with Gasteiger partial charge in [-0.2, -0.15) is 0 Å². The van der Waals surface area contributed by atoms with Gasteiger partial charge >= 0.3 is 0 Å². The van der Waals surface area contributed by atoms with Crippen molar-refractivity contribution < 1.29 is 9.13 Å². The van der Waals surface area contributed by atoms with Crippen LogP contribution < -0.4 is 10.1 Å². The Morgan fingerprint density at radius 3 is 2.50 bits per heavy atom. The first-order valence-corrected chi connectivity index (χ1v) is 6.77. The van der Waals surface area contributed by atoms with Gasteiger partial charge in [-0.3, -0.25) is 0 Å². The second-order valence-electron chi connectivity index (χ2n) is 5.77. The van der Waals surface area contributed by atoms with Gasteiger partial charge in [0.1, 0.15) is 0 Å². The highest BCUT2D eigenvalue weighted by Gasteiger charge is 2.40. The van der Waals surface area contributed by atoms with Crippen molar-refractivity contribution in [2.45, 2.75) is 31.6 Å². The highest BCUT2D eigenvalue weighted by atomic mass is 19.1. The molecule has 0 amide bonds. The fourth-order valence-electron chi connectivity index (χ4n) is 3.33. The third kappa shape index (κ3) is 2.01. The van der Waals surface area contributed by atoms with Crippen molar-refractivity contribution in [1.29, 1.82) is 0 Å². The van der Waals surface area contributed by atoms with Crippen LogP contribution in [0, 0.1) is 11.2 Å². The highest BCUT2D eigenvalue weighted by molar-refractivity contribution is 5.31. The number of halogens is 1. The number of benzene rings is 1. The number of hydrogen-bond donors (Lipinski definition) is 1. The predicted molar refractivity (Wildman–Crippen MR) is 69.5 cm³/mol. The van der Waals surface area contributed by atoms with Gasteiger partial charge in [0.2, 0.25) is 0 Å². The Labute approximate surface area is 108 Å². The van der Waals surface area contributed by atoms with Gasteiger partial charge in [-0.05, 0) is 54.7 Å². The molecule has 18 heavy (non-hydrogen) atoms. The van der Waals surface area contributed by atoms with Gasteiger partial charge in [-0.1, -0.05) is 6.07 Å². The second-order valence-corrected chi connectivity index (χ2v) is 5.77. The van der Waals surface area contributed by atoms with Crippen molar-refractivity contribution >= 4 is 0 Å². The fourth-order valence-corrected chi connectivity index (χ4v) is 3.33. The lowest BCUT2D eigenvalue weighted by Gasteiger charge is -2.47. The summed E-state index contributed by atoms with van der Waals surface area (Å²) >= 11 is 0. The molecule has 0 aromatic heterocycles. The van der Waals surface area contributed by atoms with Crippen LogP contribution in [0.15, 0.2) is 18.2 Å². The van der Waals surface area contributed by atoms with Crippen molar-refractivity contribution in [2.24, 2.45) is 5.41 Å². The molecule has 1 saturated carbocycles. The zero-order valence-electron chi connectivity index (χ0n) is 10.8. The van der Waals surface area contributed by atoms with Crippen LogP contribution in [0.3, 0.4) is 0 Å². The Hall–Kier alpha value is -1.09. The molecule has 0 radical (unpaired) electrons. The maximum absolute atomic E-state index is 13.7.